The molecule has 0 aromatic carbocycles. The molecule has 0 atom stereocenters. The minimum Gasteiger partial charge on any atom is -0.340 e. The molecule has 19 heavy (non-hydrogen) atoms. The number of nitrogens with zero attached hydrogens (tertiary/aromatic N) is 2. The molecule has 0 unspecified atom stereocenters. The third-order valence-corrected chi connectivity index (χ3v) is 5.08. The van der Waals surface area contributed by atoms with Gasteiger partial charge in [0.2, 0.25) is 5.91 Å². The Balaban J connectivity index is 1.47. The minimum absolute atomic E-state index is 0.205. The van der Waals surface area contributed by atoms with Gasteiger partial charge in [-0.1, -0.05) is 19.3 Å². The van der Waals surface area contributed by atoms with Crippen molar-refractivity contribution in [1.82, 2.24) is 9.80 Å². The van der Waals surface area contributed by atoms with E-state index < -0.39 is 0 Å². The standard InChI is InChI=1S/C15H27N3O/c16-15(6-2-1-3-7-15)12-14(19)18-10-8-17(9-11-18)13-4-5-13/h13H,1-12,16H2. The van der Waals surface area contributed by atoms with Crippen LogP contribution in [0.4, 0.5) is 0 Å². The minimum atomic E-state index is -0.205. The SMILES string of the molecule is NC1(CC(=O)N2CCN(C3CC3)CC2)CCCCC1. The summed E-state index contributed by atoms with van der Waals surface area (Å²) in [6.45, 7) is 3.94. The maximum Gasteiger partial charge on any atom is 0.224 e. The third-order valence-electron chi connectivity index (χ3n) is 5.08. The maximum absolute atomic E-state index is 12.4. The first kappa shape index (κ1) is 13.4. The van der Waals surface area contributed by atoms with Crippen LogP contribution in [0.3, 0.4) is 0 Å². The normalized spacial score (nSPS) is 28.4. The summed E-state index contributed by atoms with van der Waals surface area (Å²) in [5.74, 6) is 0.292. The van der Waals surface area contributed by atoms with Gasteiger partial charge in [0.25, 0.3) is 0 Å². The van der Waals surface area contributed by atoms with E-state index in [1.54, 1.807) is 0 Å². The molecule has 1 aliphatic heterocycles. The Kier molecular flexibility index (Phi) is 3.81. The molecule has 1 saturated heterocycles. The highest BCUT2D eigenvalue weighted by molar-refractivity contribution is 5.77. The Morgan fingerprint density at radius 3 is 2.26 bits per heavy atom. The molecule has 0 aromatic heterocycles. The van der Waals surface area contributed by atoms with E-state index in [1.807, 2.05) is 4.90 Å². The van der Waals surface area contributed by atoms with Crippen LogP contribution in [-0.4, -0.2) is 53.5 Å². The summed E-state index contributed by atoms with van der Waals surface area (Å²) >= 11 is 0. The summed E-state index contributed by atoms with van der Waals surface area (Å²) < 4.78 is 0. The van der Waals surface area contributed by atoms with Gasteiger partial charge in [-0.05, 0) is 25.7 Å². The number of carbonyl (C=O) groups excluding carboxylic acids is 1. The van der Waals surface area contributed by atoms with E-state index in [2.05, 4.69) is 4.90 Å². The fraction of sp³-hybridized carbons (Fsp3) is 0.933. The van der Waals surface area contributed by atoms with Crippen molar-refractivity contribution in [3.05, 3.63) is 0 Å². The molecule has 0 radical (unpaired) electrons. The smallest absolute Gasteiger partial charge is 0.224 e. The van der Waals surface area contributed by atoms with E-state index in [9.17, 15) is 4.79 Å². The first-order chi connectivity index (χ1) is 9.16. The Labute approximate surface area is 116 Å². The van der Waals surface area contributed by atoms with Crippen LogP contribution < -0.4 is 5.73 Å². The van der Waals surface area contributed by atoms with Crippen molar-refractivity contribution in [3.63, 3.8) is 0 Å². The number of piperazine rings is 1. The number of amides is 1. The molecule has 0 bridgehead atoms. The highest BCUT2D eigenvalue weighted by atomic mass is 16.2. The topological polar surface area (TPSA) is 49.6 Å². The zero-order chi connectivity index (χ0) is 13.3. The molecule has 108 valence electrons. The van der Waals surface area contributed by atoms with Crippen LogP contribution in [0.25, 0.3) is 0 Å². The molecule has 3 fully saturated rings. The molecule has 4 nitrogen and oxygen atoms in total. The molecular formula is C15H27N3O. The molecule has 1 amide bonds. The van der Waals surface area contributed by atoms with Crippen molar-refractivity contribution >= 4 is 5.91 Å². The van der Waals surface area contributed by atoms with Gasteiger partial charge in [-0.15, -0.1) is 0 Å². The Hall–Kier alpha value is -0.610. The van der Waals surface area contributed by atoms with Gasteiger partial charge in [0.05, 0.1) is 0 Å². The van der Waals surface area contributed by atoms with Gasteiger partial charge in [0, 0.05) is 44.2 Å². The summed E-state index contributed by atoms with van der Waals surface area (Å²) in [7, 11) is 0. The van der Waals surface area contributed by atoms with Crippen LogP contribution in [0.15, 0.2) is 0 Å². The largest absolute Gasteiger partial charge is 0.340 e. The summed E-state index contributed by atoms with van der Waals surface area (Å²) in [4.78, 5) is 17.0. The Morgan fingerprint density at radius 1 is 1.05 bits per heavy atom. The first-order valence-electron chi connectivity index (χ1n) is 7.97. The monoisotopic (exact) mass is 265 g/mol. The lowest BCUT2D eigenvalue weighted by atomic mass is 9.80. The second kappa shape index (κ2) is 5.41. The zero-order valence-corrected chi connectivity index (χ0v) is 11.9. The van der Waals surface area contributed by atoms with Gasteiger partial charge in [-0.3, -0.25) is 9.69 Å². The zero-order valence-electron chi connectivity index (χ0n) is 11.9. The lowest BCUT2D eigenvalue weighted by molar-refractivity contribution is -0.134. The van der Waals surface area contributed by atoms with Gasteiger partial charge < -0.3 is 10.6 Å². The van der Waals surface area contributed by atoms with Gasteiger partial charge in [0.1, 0.15) is 0 Å². The second-order valence-corrected chi connectivity index (χ2v) is 6.75. The second-order valence-electron chi connectivity index (χ2n) is 6.75. The molecule has 2 saturated carbocycles. The van der Waals surface area contributed by atoms with E-state index in [1.165, 1.54) is 32.1 Å². The predicted octanol–water partition coefficient (Wildman–Crippen LogP) is 1.34. The summed E-state index contributed by atoms with van der Waals surface area (Å²) in [5, 5.41) is 0. The Bertz CT molecular complexity index is 326. The molecule has 2 N–H and O–H groups in total. The Morgan fingerprint density at radius 2 is 1.68 bits per heavy atom. The first-order valence-corrected chi connectivity index (χ1v) is 7.97. The number of nitrogens with two attached hydrogens (primary N) is 1. The van der Waals surface area contributed by atoms with E-state index in [0.717, 1.165) is 45.1 Å². The molecule has 3 aliphatic rings. The van der Waals surface area contributed by atoms with Crippen molar-refractivity contribution in [3.8, 4) is 0 Å². The summed E-state index contributed by atoms with van der Waals surface area (Å²) in [6, 6.07) is 0.830. The molecule has 4 heteroatoms. The van der Waals surface area contributed by atoms with Crippen LogP contribution >= 0.6 is 0 Å². The number of rotatable bonds is 3. The van der Waals surface area contributed by atoms with Crippen LogP contribution in [0.2, 0.25) is 0 Å². The average Bonchev–Trinajstić information content (AvgIpc) is 3.23. The fourth-order valence-electron chi connectivity index (χ4n) is 3.62. The molecule has 0 aromatic rings. The van der Waals surface area contributed by atoms with Crippen LogP contribution in [0, 0.1) is 0 Å². The molecule has 2 aliphatic carbocycles. The summed E-state index contributed by atoms with van der Waals surface area (Å²) in [6.07, 6.45) is 9.02. The van der Waals surface area contributed by atoms with Crippen LogP contribution in [0.5, 0.6) is 0 Å². The van der Waals surface area contributed by atoms with Crippen molar-refractivity contribution in [2.24, 2.45) is 5.73 Å². The van der Waals surface area contributed by atoms with E-state index >= 15 is 0 Å². The van der Waals surface area contributed by atoms with Crippen molar-refractivity contribution < 1.29 is 4.79 Å². The molecule has 0 spiro atoms. The molecule has 3 rings (SSSR count). The fourth-order valence-corrected chi connectivity index (χ4v) is 3.62. The number of hydrogen-bond acceptors (Lipinski definition) is 3. The summed E-state index contributed by atoms with van der Waals surface area (Å²) in [5.41, 5.74) is 6.19. The van der Waals surface area contributed by atoms with Crippen molar-refractivity contribution in [2.45, 2.75) is 62.9 Å². The molecular weight excluding hydrogens is 238 g/mol. The lowest BCUT2D eigenvalue weighted by Crippen LogP contribution is -2.52. The van der Waals surface area contributed by atoms with Gasteiger partial charge in [-0.2, -0.15) is 0 Å². The third kappa shape index (κ3) is 3.29. The van der Waals surface area contributed by atoms with Gasteiger partial charge >= 0.3 is 0 Å². The van der Waals surface area contributed by atoms with Crippen LogP contribution in [-0.2, 0) is 4.79 Å². The highest BCUT2D eigenvalue weighted by Crippen LogP contribution is 2.30. The highest BCUT2D eigenvalue weighted by Gasteiger charge is 2.35. The van der Waals surface area contributed by atoms with Gasteiger partial charge in [0.15, 0.2) is 0 Å². The number of carbonyl (C=O) groups is 1. The van der Waals surface area contributed by atoms with Crippen molar-refractivity contribution in [1.29, 1.82) is 0 Å². The van der Waals surface area contributed by atoms with Crippen LogP contribution in [0.1, 0.15) is 51.4 Å². The molecule has 1 heterocycles. The quantitative estimate of drug-likeness (QED) is 0.838. The van der Waals surface area contributed by atoms with E-state index in [4.69, 9.17) is 5.73 Å². The van der Waals surface area contributed by atoms with Crippen molar-refractivity contribution in [2.75, 3.05) is 26.2 Å². The average molecular weight is 265 g/mol. The maximum atomic E-state index is 12.4. The number of hydrogen-bond donors (Lipinski definition) is 1. The van der Waals surface area contributed by atoms with E-state index in [-0.39, 0.29) is 5.54 Å². The predicted molar refractivity (Wildman–Crippen MR) is 75.8 cm³/mol. The van der Waals surface area contributed by atoms with Gasteiger partial charge in [-0.25, -0.2) is 0 Å². The lowest BCUT2D eigenvalue weighted by Gasteiger charge is -2.38. The van der Waals surface area contributed by atoms with E-state index in [0.29, 0.717) is 12.3 Å².